The molecule has 1 aliphatic heterocycles. The smallest absolute Gasteiger partial charge is 0.0207 e. The van der Waals surface area contributed by atoms with Crippen molar-refractivity contribution in [3.8, 4) is 0 Å². The van der Waals surface area contributed by atoms with Crippen LogP contribution in [0.15, 0.2) is 0 Å². The third-order valence-electron chi connectivity index (χ3n) is 2.38. The van der Waals surface area contributed by atoms with E-state index in [9.17, 15) is 0 Å². The van der Waals surface area contributed by atoms with Gasteiger partial charge in [-0.25, -0.2) is 0 Å². The van der Waals surface area contributed by atoms with Crippen LogP contribution in [-0.2, 0) is 0 Å². The van der Waals surface area contributed by atoms with Crippen LogP contribution in [0.3, 0.4) is 0 Å². The Balaban J connectivity index is 2.14. The average Bonchev–Trinajstić information content (AvgIpc) is 2.01. The van der Waals surface area contributed by atoms with Crippen molar-refractivity contribution in [2.45, 2.75) is 12.5 Å². The fourth-order valence-corrected chi connectivity index (χ4v) is 1.60. The van der Waals surface area contributed by atoms with Gasteiger partial charge < -0.3 is 15.1 Å². The molecule has 3 heteroatoms. The first-order valence-electron chi connectivity index (χ1n) is 4.75. The molecule has 1 aliphatic rings. The van der Waals surface area contributed by atoms with E-state index in [1.54, 1.807) is 0 Å². The van der Waals surface area contributed by atoms with Gasteiger partial charge in [0.25, 0.3) is 0 Å². The topological polar surface area (TPSA) is 18.5 Å². The predicted octanol–water partition coefficient (Wildman–Crippen LogP) is -0.158. The molecule has 0 bridgehead atoms. The van der Waals surface area contributed by atoms with Gasteiger partial charge in [-0.15, -0.1) is 0 Å². The highest BCUT2D eigenvalue weighted by molar-refractivity contribution is 4.76. The fraction of sp³-hybridized carbons (Fsp3) is 1.00. The summed E-state index contributed by atoms with van der Waals surface area (Å²) in [7, 11) is 6.46. The quantitative estimate of drug-likeness (QED) is 0.637. The predicted molar refractivity (Wildman–Crippen MR) is 52.5 cm³/mol. The molecule has 1 N–H and O–H groups in total. The molecule has 0 aliphatic carbocycles. The fourth-order valence-electron chi connectivity index (χ4n) is 1.60. The van der Waals surface area contributed by atoms with Crippen LogP contribution in [0.2, 0.25) is 0 Å². The second-order valence-electron chi connectivity index (χ2n) is 4.01. The molecule has 12 heavy (non-hydrogen) atoms. The summed E-state index contributed by atoms with van der Waals surface area (Å²) >= 11 is 0. The van der Waals surface area contributed by atoms with Crippen LogP contribution < -0.4 is 5.32 Å². The molecule has 0 saturated carbocycles. The number of nitrogens with one attached hydrogen (secondary N) is 1. The van der Waals surface area contributed by atoms with E-state index < -0.39 is 0 Å². The van der Waals surface area contributed by atoms with Crippen LogP contribution in [0.5, 0.6) is 0 Å². The molecule has 0 amide bonds. The summed E-state index contributed by atoms with van der Waals surface area (Å²) in [6.45, 7) is 4.73. The maximum absolute atomic E-state index is 3.54. The van der Waals surface area contributed by atoms with Crippen LogP contribution in [0, 0.1) is 0 Å². The molecule has 1 atom stereocenters. The highest BCUT2D eigenvalue weighted by Gasteiger charge is 2.15. The largest absolute Gasteiger partial charge is 0.311 e. The molecule has 1 rings (SSSR count). The van der Waals surface area contributed by atoms with Gasteiger partial charge in [0.15, 0.2) is 0 Å². The number of hydrogen-bond donors (Lipinski definition) is 1. The zero-order valence-corrected chi connectivity index (χ0v) is 8.51. The Hall–Kier alpha value is -0.120. The number of rotatable bonds is 3. The van der Waals surface area contributed by atoms with E-state index in [1.165, 1.54) is 26.1 Å². The monoisotopic (exact) mass is 171 g/mol. The third kappa shape index (κ3) is 3.52. The summed E-state index contributed by atoms with van der Waals surface area (Å²) in [6.07, 6.45) is 1.26. The molecular weight excluding hydrogens is 150 g/mol. The standard InChI is InChI=1S/C9H21N3/c1-11(2)6-4-9-8-12(3)7-5-10-9/h9-10H,4-8H2,1-3H3. The Kier molecular flexibility index (Phi) is 3.98. The second kappa shape index (κ2) is 4.80. The first kappa shape index (κ1) is 9.96. The van der Waals surface area contributed by atoms with E-state index in [0.29, 0.717) is 6.04 Å². The molecule has 1 saturated heterocycles. The zero-order valence-electron chi connectivity index (χ0n) is 8.51. The lowest BCUT2D eigenvalue weighted by Gasteiger charge is -2.31. The number of hydrogen-bond acceptors (Lipinski definition) is 3. The summed E-state index contributed by atoms with van der Waals surface area (Å²) in [4.78, 5) is 4.65. The number of piperazine rings is 1. The maximum Gasteiger partial charge on any atom is 0.0207 e. The summed E-state index contributed by atoms with van der Waals surface area (Å²) in [6, 6.07) is 0.700. The van der Waals surface area contributed by atoms with E-state index in [4.69, 9.17) is 0 Å². The van der Waals surface area contributed by atoms with Crippen molar-refractivity contribution in [1.82, 2.24) is 15.1 Å². The van der Waals surface area contributed by atoms with Crippen molar-refractivity contribution in [2.75, 3.05) is 47.3 Å². The van der Waals surface area contributed by atoms with Crippen LogP contribution in [0.1, 0.15) is 6.42 Å². The van der Waals surface area contributed by atoms with Gasteiger partial charge >= 0.3 is 0 Å². The minimum atomic E-state index is 0.700. The summed E-state index contributed by atoms with van der Waals surface area (Å²) in [5.41, 5.74) is 0. The van der Waals surface area contributed by atoms with Crippen LogP contribution in [-0.4, -0.2) is 63.2 Å². The van der Waals surface area contributed by atoms with Crippen molar-refractivity contribution in [3.05, 3.63) is 0 Å². The van der Waals surface area contributed by atoms with Crippen LogP contribution >= 0.6 is 0 Å². The van der Waals surface area contributed by atoms with Gasteiger partial charge in [0, 0.05) is 25.7 Å². The maximum atomic E-state index is 3.54. The molecule has 0 aromatic rings. The molecular formula is C9H21N3. The van der Waals surface area contributed by atoms with E-state index in [1.807, 2.05) is 0 Å². The minimum absolute atomic E-state index is 0.700. The molecule has 1 fully saturated rings. The average molecular weight is 171 g/mol. The van der Waals surface area contributed by atoms with E-state index in [-0.39, 0.29) is 0 Å². The third-order valence-corrected chi connectivity index (χ3v) is 2.38. The Morgan fingerprint density at radius 1 is 1.50 bits per heavy atom. The Bertz CT molecular complexity index is 125. The van der Waals surface area contributed by atoms with E-state index >= 15 is 0 Å². The summed E-state index contributed by atoms with van der Waals surface area (Å²) in [5, 5.41) is 3.54. The Morgan fingerprint density at radius 2 is 2.25 bits per heavy atom. The zero-order chi connectivity index (χ0) is 8.97. The molecule has 0 radical (unpaired) electrons. The highest BCUT2D eigenvalue weighted by Crippen LogP contribution is 2.00. The Morgan fingerprint density at radius 3 is 2.83 bits per heavy atom. The summed E-state index contributed by atoms with van der Waals surface area (Å²) < 4.78 is 0. The van der Waals surface area contributed by atoms with Crippen LogP contribution in [0.25, 0.3) is 0 Å². The molecule has 0 spiro atoms. The van der Waals surface area contributed by atoms with Crippen molar-refractivity contribution in [2.24, 2.45) is 0 Å². The molecule has 0 aromatic heterocycles. The first-order valence-corrected chi connectivity index (χ1v) is 4.75. The molecule has 1 heterocycles. The molecule has 72 valence electrons. The van der Waals surface area contributed by atoms with Gasteiger partial charge in [-0.05, 0) is 34.1 Å². The molecule has 0 aromatic carbocycles. The van der Waals surface area contributed by atoms with Crippen molar-refractivity contribution < 1.29 is 0 Å². The van der Waals surface area contributed by atoms with Gasteiger partial charge in [-0.3, -0.25) is 0 Å². The number of likely N-dealkylation sites (N-methyl/N-ethyl adjacent to an activating group) is 1. The lowest BCUT2D eigenvalue weighted by molar-refractivity contribution is 0.220. The van der Waals surface area contributed by atoms with Gasteiger partial charge in [0.1, 0.15) is 0 Å². The van der Waals surface area contributed by atoms with Crippen molar-refractivity contribution >= 4 is 0 Å². The van der Waals surface area contributed by atoms with Gasteiger partial charge in [-0.2, -0.15) is 0 Å². The Labute approximate surface area is 75.7 Å². The van der Waals surface area contributed by atoms with Gasteiger partial charge in [-0.1, -0.05) is 0 Å². The van der Waals surface area contributed by atoms with Crippen LogP contribution in [0.4, 0.5) is 0 Å². The van der Waals surface area contributed by atoms with Crippen molar-refractivity contribution in [1.29, 1.82) is 0 Å². The van der Waals surface area contributed by atoms with Gasteiger partial charge in [0.05, 0.1) is 0 Å². The van der Waals surface area contributed by atoms with E-state index in [2.05, 4.69) is 36.3 Å². The van der Waals surface area contributed by atoms with E-state index in [0.717, 1.165) is 6.54 Å². The normalized spacial score (nSPS) is 26.5. The lowest BCUT2D eigenvalue weighted by atomic mass is 10.1. The highest BCUT2D eigenvalue weighted by atomic mass is 15.2. The number of nitrogens with zero attached hydrogens (tertiary/aromatic N) is 2. The lowest BCUT2D eigenvalue weighted by Crippen LogP contribution is -2.49. The van der Waals surface area contributed by atoms with Crippen molar-refractivity contribution in [3.63, 3.8) is 0 Å². The summed E-state index contributed by atoms with van der Waals surface area (Å²) in [5.74, 6) is 0. The molecule has 1 unspecified atom stereocenters. The van der Waals surface area contributed by atoms with Gasteiger partial charge in [0.2, 0.25) is 0 Å². The second-order valence-corrected chi connectivity index (χ2v) is 4.01. The molecule has 3 nitrogen and oxygen atoms in total. The minimum Gasteiger partial charge on any atom is -0.311 e. The first-order chi connectivity index (χ1) is 5.68. The SMILES string of the molecule is CN(C)CCC1CN(C)CCN1.